The molecule has 0 unspecified atom stereocenters. The number of carbonyl (C=O) groups excluding carboxylic acids is 1. The Morgan fingerprint density at radius 1 is 1.37 bits per heavy atom. The first-order valence-electron chi connectivity index (χ1n) is 6.08. The van der Waals surface area contributed by atoms with Gasteiger partial charge in [0.25, 0.3) is 5.91 Å². The smallest absolute Gasteiger partial charge is 0.255 e. The molecule has 0 aliphatic rings. The predicted molar refractivity (Wildman–Crippen MR) is 80.5 cm³/mol. The number of carbonyl (C=O) groups is 1. The lowest BCUT2D eigenvalue weighted by atomic mass is 10.2. The van der Waals surface area contributed by atoms with Crippen molar-refractivity contribution in [3.63, 3.8) is 0 Å². The van der Waals surface area contributed by atoms with E-state index in [1.165, 1.54) is 0 Å². The maximum absolute atomic E-state index is 11.8. The average Bonchev–Trinajstić information content (AvgIpc) is 2.37. The van der Waals surface area contributed by atoms with Crippen LogP contribution in [0.1, 0.15) is 24.2 Å². The molecule has 0 aromatic heterocycles. The number of amides is 1. The predicted octanol–water partition coefficient (Wildman–Crippen LogP) is 2.54. The van der Waals surface area contributed by atoms with E-state index in [-0.39, 0.29) is 34.6 Å². The van der Waals surface area contributed by atoms with Gasteiger partial charge < -0.3 is 15.3 Å². The number of nitrogens with zero attached hydrogens (tertiary/aromatic N) is 1. The Bertz CT molecular complexity index is 410. The Labute approximate surface area is 125 Å². The SMILES string of the molecule is CCN(CC)CCNC(=O)c1cccc(Cl)c1O.Cl. The fourth-order valence-electron chi connectivity index (χ4n) is 1.66. The maximum atomic E-state index is 11.8. The monoisotopic (exact) mass is 306 g/mol. The van der Waals surface area contributed by atoms with Gasteiger partial charge in [0, 0.05) is 13.1 Å². The minimum atomic E-state index is -0.304. The minimum absolute atomic E-state index is 0. The van der Waals surface area contributed by atoms with Crippen LogP contribution in [0.2, 0.25) is 5.02 Å². The second-order valence-corrected chi connectivity index (χ2v) is 4.33. The van der Waals surface area contributed by atoms with Gasteiger partial charge in [-0.1, -0.05) is 31.5 Å². The van der Waals surface area contributed by atoms with E-state index >= 15 is 0 Å². The number of aromatic hydroxyl groups is 1. The molecule has 1 aromatic carbocycles. The van der Waals surface area contributed by atoms with Crippen LogP contribution in [0, 0.1) is 0 Å². The minimum Gasteiger partial charge on any atom is -0.506 e. The number of hydrogen-bond donors (Lipinski definition) is 2. The number of nitrogens with one attached hydrogen (secondary N) is 1. The van der Waals surface area contributed by atoms with Gasteiger partial charge in [0.15, 0.2) is 0 Å². The van der Waals surface area contributed by atoms with Gasteiger partial charge in [0.1, 0.15) is 5.75 Å². The molecule has 2 N–H and O–H groups in total. The Morgan fingerprint density at radius 3 is 2.58 bits per heavy atom. The van der Waals surface area contributed by atoms with Crippen molar-refractivity contribution < 1.29 is 9.90 Å². The van der Waals surface area contributed by atoms with Crippen LogP contribution < -0.4 is 5.32 Å². The lowest BCUT2D eigenvalue weighted by molar-refractivity contribution is 0.0946. The van der Waals surface area contributed by atoms with Crippen molar-refractivity contribution in [2.45, 2.75) is 13.8 Å². The summed E-state index contributed by atoms with van der Waals surface area (Å²) in [6.45, 7) is 7.40. The average molecular weight is 307 g/mol. The molecule has 0 saturated carbocycles. The highest BCUT2D eigenvalue weighted by Crippen LogP contribution is 2.26. The molecule has 0 aliphatic heterocycles. The molecule has 1 rings (SSSR count). The normalized spacial score (nSPS) is 10.1. The van der Waals surface area contributed by atoms with Crippen molar-refractivity contribution in [3.05, 3.63) is 28.8 Å². The maximum Gasteiger partial charge on any atom is 0.255 e. The number of para-hydroxylation sites is 1. The van der Waals surface area contributed by atoms with Crippen LogP contribution >= 0.6 is 24.0 Å². The lowest BCUT2D eigenvalue weighted by Gasteiger charge is -2.18. The van der Waals surface area contributed by atoms with E-state index < -0.39 is 0 Å². The van der Waals surface area contributed by atoms with Gasteiger partial charge in [-0.3, -0.25) is 4.79 Å². The highest BCUT2D eigenvalue weighted by Gasteiger charge is 2.12. The molecular formula is C13H20Cl2N2O2. The topological polar surface area (TPSA) is 52.6 Å². The van der Waals surface area contributed by atoms with Gasteiger partial charge in [0.05, 0.1) is 10.6 Å². The summed E-state index contributed by atoms with van der Waals surface area (Å²) in [6, 6.07) is 4.74. The summed E-state index contributed by atoms with van der Waals surface area (Å²) in [4.78, 5) is 14.0. The number of hydrogen-bond acceptors (Lipinski definition) is 3. The quantitative estimate of drug-likeness (QED) is 0.849. The van der Waals surface area contributed by atoms with Crippen molar-refractivity contribution >= 4 is 29.9 Å². The highest BCUT2D eigenvalue weighted by atomic mass is 35.5. The zero-order valence-corrected chi connectivity index (χ0v) is 12.7. The Kier molecular flexibility index (Phi) is 8.56. The fourth-order valence-corrected chi connectivity index (χ4v) is 1.84. The van der Waals surface area contributed by atoms with Gasteiger partial charge in [-0.05, 0) is 25.2 Å². The molecule has 6 heteroatoms. The molecule has 0 fully saturated rings. The number of benzene rings is 1. The molecule has 0 spiro atoms. The summed E-state index contributed by atoms with van der Waals surface area (Å²) in [5.74, 6) is -0.471. The summed E-state index contributed by atoms with van der Waals surface area (Å²) in [7, 11) is 0. The van der Waals surface area contributed by atoms with Crippen LogP contribution in [0.15, 0.2) is 18.2 Å². The zero-order valence-electron chi connectivity index (χ0n) is 11.1. The molecule has 4 nitrogen and oxygen atoms in total. The van der Waals surface area contributed by atoms with E-state index in [2.05, 4.69) is 24.1 Å². The molecule has 108 valence electrons. The first-order valence-corrected chi connectivity index (χ1v) is 6.46. The van der Waals surface area contributed by atoms with Crippen molar-refractivity contribution in [1.29, 1.82) is 0 Å². The van der Waals surface area contributed by atoms with Crippen LogP contribution in [0.3, 0.4) is 0 Å². The Balaban J connectivity index is 0.00000324. The van der Waals surface area contributed by atoms with Gasteiger partial charge in [-0.25, -0.2) is 0 Å². The first kappa shape index (κ1) is 18.0. The van der Waals surface area contributed by atoms with Crippen LogP contribution in [-0.4, -0.2) is 42.1 Å². The number of halogens is 2. The summed E-state index contributed by atoms with van der Waals surface area (Å²) >= 11 is 5.75. The third kappa shape index (κ3) is 5.27. The van der Waals surface area contributed by atoms with Gasteiger partial charge in [0.2, 0.25) is 0 Å². The van der Waals surface area contributed by atoms with E-state index in [1.807, 2.05) is 0 Å². The Morgan fingerprint density at radius 2 is 2.00 bits per heavy atom. The number of phenols is 1. The molecule has 0 radical (unpaired) electrons. The standard InChI is InChI=1S/C13H19ClN2O2.ClH/c1-3-16(4-2)9-8-15-13(18)10-6-5-7-11(14)12(10)17;/h5-7,17H,3-4,8-9H2,1-2H3,(H,15,18);1H. The Hall–Kier alpha value is -0.970. The van der Waals surface area contributed by atoms with E-state index in [9.17, 15) is 9.90 Å². The summed E-state index contributed by atoms with van der Waals surface area (Å²) in [5, 5.41) is 12.6. The van der Waals surface area contributed by atoms with Crippen LogP contribution in [0.25, 0.3) is 0 Å². The summed E-state index contributed by atoms with van der Waals surface area (Å²) in [6.07, 6.45) is 0. The zero-order chi connectivity index (χ0) is 13.5. The van der Waals surface area contributed by atoms with Gasteiger partial charge in [-0.2, -0.15) is 0 Å². The summed E-state index contributed by atoms with van der Waals surface area (Å²) < 4.78 is 0. The third-order valence-electron chi connectivity index (χ3n) is 2.84. The highest BCUT2D eigenvalue weighted by molar-refractivity contribution is 6.32. The largest absolute Gasteiger partial charge is 0.506 e. The fraction of sp³-hybridized carbons (Fsp3) is 0.462. The molecule has 1 aromatic rings. The molecule has 1 amide bonds. The van der Waals surface area contributed by atoms with Crippen LogP contribution in [0.4, 0.5) is 0 Å². The second-order valence-electron chi connectivity index (χ2n) is 3.92. The van der Waals surface area contributed by atoms with Gasteiger partial charge in [-0.15, -0.1) is 12.4 Å². The molecule has 19 heavy (non-hydrogen) atoms. The van der Waals surface area contributed by atoms with E-state index in [0.29, 0.717) is 6.54 Å². The number of likely N-dealkylation sites (N-methyl/N-ethyl adjacent to an activating group) is 1. The number of phenolic OH excluding ortho intramolecular Hbond substituents is 1. The van der Waals surface area contributed by atoms with Gasteiger partial charge >= 0.3 is 0 Å². The number of rotatable bonds is 6. The second kappa shape index (κ2) is 9.02. The van der Waals surface area contributed by atoms with Crippen molar-refractivity contribution in [2.24, 2.45) is 0 Å². The summed E-state index contributed by atoms with van der Waals surface area (Å²) in [5.41, 5.74) is 0.210. The molecular weight excluding hydrogens is 287 g/mol. The van der Waals surface area contributed by atoms with Crippen molar-refractivity contribution in [3.8, 4) is 5.75 Å². The molecule has 0 atom stereocenters. The molecule has 0 heterocycles. The first-order chi connectivity index (χ1) is 8.60. The third-order valence-corrected chi connectivity index (χ3v) is 3.14. The van der Waals surface area contributed by atoms with E-state index in [0.717, 1.165) is 19.6 Å². The van der Waals surface area contributed by atoms with Crippen molar-refractivity contribution in [2.75, 3.05) is 26.2 Å². The molecule has 0 aliphatic carbocycles. The van der Waals surface area contributed by atoms with Crippen LogP contribution in [-0.2, 0) is 0 Å². The lowest BCUT2D eigenvalue weighted by Crippen LogP contribution is -2.34. The molecule has 0 bridgehead atoms. The van der Waals surface area contributed by atoms with E-state index in [4.69, 9.17) is 11.6 Å². The van der Waals surface area contributed by atoms with E-state index in [1.54, 1.807) is 18.2 Å². The molecule has 0 saturated heterocycles. The van der Waals surface area contributed by atoms with Crippen LogP contribution in [0.5, 0.6) is 5.75 Å². The van der Waals surface area contributed by atoms with Crippen molar-refractivity contribution in [1.82, 2.24) is 10.2 Å².